The third-order valence-electron chi connectivity index (χ3n) is 2.24. The van der Waals surface area contributed by atoms with Crippen molar-refractivity contribution in [3.8, 4) is 11.4 Å². The Morgan fingerprint density at radius 3 is 3.00 bits per heavy atom. The number of carbonyl (C=O) groups is 1. The maximum Gasteiger partial charge on any atom is 0.308 e. The van der Waals surface area contributed by atoms with Crippen LogP contribution < -0.4 is 0 Å². The second-order valence-corrected chi connectivity index (χ2v) is 3.56. The van der Waals surface area contributed by atoms with Crippen molar-refractivity contribution in [1.82, 2.24) is 30.4 Å². The molecule has 1 N–H and O–H groups in total. The molecule has 0 saturated carbocycles. The minimum absolute atomic E-state index is 0.208. The van der Waals surface area contributed by atoms with Gasteiger partial charge in [0.05, 0.1) is 24.9 Å². The van der Waals surface area contributed by atoms with Gasteiger partial charge in [-0.25, -0.2) is 4.68 Å². The lowest BCUT2D eigenvalue weighted by Gasteiger charge is -2.07. The number of aliphatic carboxylic acids is 1. The molecule has 0 aliphatic heterocycles. The van der Waals surface area contributed by atoms with E-state index in [1.807, 2.05) is 0 Å². The van der Waals surface area contributed by atoms with Crippen molar-refractivity contribution in [2.45, 2.75) is 13.5 Å². The van der Waals surface area contributed by atoms with Crippen LogP contribution in [0.1, 0.15) is 6.92 Å². The average Bonchev–Trinajstić information content (AvgIpc) is 2.78. The predicted molar refractivity (Wildman–Crippen MR) is 55.6 cm³/mol. The molecule has 0 aromatic carbocycles. The summed E-state index contributed by atoms with van der Waals surface area (Å²) in [5.74, 6) is -0.973. The van der Waals surface area contributed by atoms with Gasteiger partial charge in [-0.3, -0.25) is 4.79 Å². The first-order chi connectivity index (χ1) is 8.18. The molecule has 0 aliphatic rings. The van der Waals surface area contributed by atoms with Crippen LogP contribution in [0.3, 0.4) is 0 Å². The van der Waals surface area contributed by atoms with Crippen molar-refractivity contribution < 1.29 is 9.90 Å². The highest BCUT2D eigenvalue weighted by atomic mass is 16.4. The minimum atomic E-state index is -0.890. The highest BCUT2D eigenvalue weighted by Gasteiger charge is 2.16. The molecule has 2 aromatic heterocycles. The SMILES string of the molecule is CC(Cn1nnnc1-c1ccnnc1)C(=O)O. The fourth-order valence-electron chi connectivity index (χ4n) is 1.29. The molecular formula is C9H10N6O2. The first-order valence-corrected chi connectivity index (χ1v) is 4.94. The van der Waals surface area contributed by atoms with Crippen molar-refractivity contribution in [2.75, 3.05) is 0 Å². The summed E-state index contributed by atoms with van der Waals surface area (Å²) in [4.78, 5) is 10.8. The largest absolute Gasteiger partial charge is 0.481 e. The summed E-state index contributed by atoms with van der Waals surface area (Å²) >= 11 is 0. The Kier molecular flexibility index (Phi) is 3.03. The van der Waals surface area contributed by atoms with Crippen LogP contribution in [-0.4, -0.2) is 41.5 Å². The molecule has 0 saturated heterocycles. The zero-order chi connectivity index (χ0) is 12.3. The molecule has 0 bridgehead atoms. The number of hydrogen-bond donors (Lipinski definition) is 1. The number of nitrogens with zero attached hydrogens (tertiary/aromatic N) is 6. The molecule has 1 unspecified atom stereocenters. The van der Waals surface area contributed by atoms with Crippen LogP contribution in [0, 0.1) is 5.92 Å². The quantitative estimate of drug-likeness (QED) is 0.783. The van der Waals surface area contributed by atoms with E-state index in [2.05, 4.69) is 25.7 Å². The molecule has 0 radical (unpaired) electrons. The van der Waals surface area contributed by atoms with E-state index >= 15 is 0 Å². The van der Waals surface area contributed by atoms with Gasteiger partial charge in [0.2, 0.25) is 0 Å². The van der Waals surface area contributed by atoms with Gasteiger partial charge in [-0.1, -0.05) is 6.92 Å². The number of aromatic nitrogens is 6. The third-order valence-corrected chi connectivity index (χ3v) is 2.24. The van der Waals surface area contributed by atoms with E-state index in [0.29, 0.717) is 11.4 Å². The molecule has 0 fully saturated rings. The number of tetrazole rings is 1. The normalized spacial score (nSPS) is 12.3. The van der Waals surface area contributed by atoms with E-state index in [-0.39, 0.29) is 6.54 Å². The van der Waals surface area contributed by atoms with Crippen LogP contribution in [0.15, 0.2) is 18.5 Å². The lowest BCUT2D eigenvalue weighted by atomic mass is 10.2. The summed E-state index contributed by atoms with van der Waals surface area (Å²) in [7, 11) is 0. The van der Waals surface area contributed by atoms with E-state index < -0.39 is 11.9 Å². The molecule has 1 atom stereocenters. The smallest absolute Gasteiger partial charge is 0.308 e. The first kappa shape index (κ1) is 11.1. The van der Waals surface area contributed by atoms with Crippen molar-refractivity contribution in [1.29, 1.82) is 0 Å². The summed E-state index contributed by atoms with van der Waals surface area (Å²) in [6.45, 7) is 1.80. The number of hydrogen-bond acceptors (Lipinski definition) is 6. The van der Waals surface area contributed by atoms with Crippen LogP contribution in [0.25, 0.3) is 11.4 Å². The van der Waals surface area contributed by atoms with Crippen LogP contribution in [0.5, 0.6) is 0 Å². The fourth-order valence-corrected chi connectivity index (χ4v) is 1.29. The fraction of sp³-hybridized carbons (Fsp3) is 0.333. The zero-order valence-electron chi connectivity index (χ0n) is 9.06. The first-order valence-electron chi connectivity index (χ1n) is 4.94. The van der Waals surface area contributed by atoms with Crippen LogP contribution in [0.2, 0.25) is 0 Å². The molecule has 0 amide bonds. The summed E-state index contributed by atoms with van der Waals surface area (Å²) in [5, 5.41) is 27.3. The number of carboxylic acids is 1. The maximum absolute atomic E-state index is 10.8. The lowest BCUT2D eigenvalue weighted by molar-refractivity contribution is -0.141. The van der Waals surface area contributed by atoms with Gasteiger partial charge in [0, 0.05) is 5.56 Å². The monoisotopic (exact) mass is 234 g/mol. The molecule has 2 aromatic rings. The third kappa shape index (κ3) is 2.41. The molecule has 8 heteroatoms. The van der Waals surface area contributed by atoms with Crippen molar-refractivity contribution >= 4 is 5.97 Å². The lowest BCUT2D eigenvalue weighted by Crippen LogP contribution is -2.18. The van der Waals surface area contributed by atoms with E-state index in [9.17, 15) is 4.79 Å². The Hall–Kier alpha value is -2.38. The van der Waals surface area contributed by atoms with Gasteiger partial charge in [0.1, 0.15) is 0 Å². The molecule has 0 spiro atoms. The number of rotatable bonds is 4. The topological polar surface area (TPSA) is 107 Å². The van der Waals surface area contributed by atoms with Gasteiger partial charge in [0.25, 0.3) is 0 Å². The van der Waals surface area contributed by atoms with Crippen LogP contribution >= 0.6 is 0 Å². The second-order valence-electron chi connectivity index (χ2n) is 3.56. The molecule has 8 nitrogen and oxygen atoms in total. The Morgan fingerprint density at radius 2 is 2.35 bits per heavy atom. The summed E-state index contributed by atoms with van der Waals surface area (Å²) in [5.41, 5.74) is 0.697. The van der Waals surface area contributed by atoms with Gasteiger partial charge < -0.3 is 5.11 Å². The highest BCUT2D eigenvalue weighted by molar-refractivity contribution is 5.69. The van der Waals surface area contributed by atoms with Gasteiger partial charge in [0.15, 0.2) is 5.82 Å². The maximum atomic E-state index is 10.8. The van der Waals surface area contributed by atoms with Crippen molar-refractivity contribution in [3.63, 3.8) is 0 Å². The Labute approximate surface area is 96.3 Å². The Bertz CT molecular complexity index is 511. The molecule has 88 valence electrons. The van der Waals surface area contributed by atoms with Gasteiger partial charge in [-0.05, 0) is 16.5 Å². The Balaban J connectivity index is 2.26. The van der Waals surface area contributed by atoms with E-state index in [0.717, 1.165) is 0 Å². The number of carboxylic acid groups (broad SMARTS) is 1. The van der Waals surface area contributed by atoms with Crippen molar-refractivity contribution in [3.05, 3.63) is 18.5 Å². The summed E-state index contributed by atoms with van der Waals surface area (Å²) < 4.78 is 1.44. The highest BCUT2D eigenvalue weighted by Crippen LogP contribution is 2.14. The predicted octanol–water partition coefficient (Wildman–Crippen LogP) is -0.149. The van der Waals surface area contributed by atoms with E-state index in [1.54, 1.807) is 13.0 Å². The Morgan fingerprint density at radius 1 is 1.53 bits per heavy atom. The van der Waals surface area contributed by atoms with E-state index in [4.69, 9.17) is 5.11 Å². The molecule has 2 heterocycles. The molecule has 17 heavy (non-hydrogen) atoms. The molecule has 2 rings (SSSR count). The second kappa shape index (κ2) is 4.64. The van der Waals surface area contributed by atoms with Crippen LogP contribution in [0.4, 0.5) is 0 Å². The van der Waals surface area contributed by atoms with E-state index in [1.165, 1.54) is 17.1 Å². The standard InChI is InChI=1S/C9H10N6O2/c1-6(9(16)17)5-15-8(12-13-14-15)7-2-3-10-11-4-7/h2-4,6H,5H2,1H3,(H,16,17). The van der Waals surface area contributed by atoms with Gasteiger partial charge >= 0.3 is 5.97 Å². The zero-order valence-corrected chi connectivity index (χ0v) is 9.06. The molecular weight excluding hydrogens is 224 g/mol. The summed E-state index contributed by atoms with van der Waals surface area (Å²) in [6.07, 6.45) is 3.04. The van der Waals surface area contributed by atoms with Crippen LogP contribution in [-0.2, 0) is 11.3 Å². The van der Waals surface area contributed by atoms with Crippen molar-refractivity contribution in [2.24, 2.45) is 5.92 Å². The minimum Gasteiger partial charge on any atom is -0.481 e. The van der Waals surface area contributed by atoms with Gasteiger partial charge in [-0.15, -0.1) is 5.10 Å². The average molecular weight is 234 g/mol. The summed E-state index contributed by atoms with van der Waals surface area (Å²) in [6, 6.07) is 1.71. The molecule has 0 aliphatic carbocycles. The van der Waals surface area contributed by atoms with Gasteiger partial charge in [-0.2, -0.15) is 10.2 Å².